The second-order valence-electron chi connectivity index (χ2n) is 9.90. The standard InChI is InChI=1S/C26H27N7O6/c34-21-5-4-19(23(35)30-21)33-24(36)17-2-1-3-18(22(17)26(33)38)28-10-15-11-29-32(13-15)16-6-8-31(9-7-16)25(37)20-12-27-14-39-20/h1-3,11-14,16,19,23,28,35H,4-10H2,(H,30,34). The summed E-state index contributed by atoms with van der Waals surface area (Å²) >= 11 is 0. The molecule has 0 radical (unpaired) electrons. The molecule has 3 aliphatic heterocycles. The summed E-state index contributed by atoms with van der Waals surface area (Å²) in [6.07, 6.45) is 6.88. The van der Waals surface area contributed by atoms with E-state index in [9.17, 15) is 24.3 Å². The van der Waals surface area contributed by atoms with Crippen LogP contribution >= 0.6 is 0 Å². The number of piperidine rings is 2. The van der Waals surface area contributed by atoms with Crippen LogP contribution in [0.4, 0.5) is 5.69 Å². The van der Waals surface area contributed by atoms with Gasteiger partial charge in [0.15, 0.2) is 6.39 Å². The number of carbonyl (C=O) groups excluding carboxylic acids is 4. The lowest BCUT2D eigenvalue weighted by Gasteiger charge is -2.33. The molecular weight excluding hydrogens is 506 g/mol. The van der Waals surface area contributed by atoms with Gasteiger partial charge in [-0.15, -0.1) is 0 Å². The molecule has 1 aromatic carbocycles. The predicted octanol–water partition coefficient (Wildman–Crippen LogP) is 1.15. The first-order chi connectivity index (χ1) is 18.9. The highest BCUT2D eigenvalue weighted by Gasteiger charge is 2.45. The average molecular weight is 534 g/mol. The van der Waals surface area contributed by atoms with Crippen LogP contribution in [0.3, 0.4) is 0 Å². The molecule has 0 bridgehead atoms. The molecule has 13 heteroatoms. The number of nitrogens with one attached hydrogen (secondary N) is 2. The molecule has 2 atom stereocenters. The lowest BCUT2D eigenvalue weighted by molar-refractivity contribution is -0.129. The molecule has 202 valence electrons. The zero-order valence-electron chi connectivity index (χ0n) is 20.9. The Labute approximate surface area is 222 Å². The fourth-order valence-corrected chi connectivity index (χ4v) is 5.47. The van der Waals surface area contributed by atoms with Gasteiger partial charge in [0.1, 0.15) is 6.23 Å². The quantitative estimate of drug-likeness (QED) is 0.395. The van der Waals surface area contributed by atoms with Crippen molar-refractivity contribution in [2.75, 3.05) is 18.4 Å². The van der Waals surface area contributed by atoms with Crippen molar-refractivity contribution in [1.82, 2.24) is 29.9 Å². The number of aromatic nitrogens is 3. The Kier molecular flexibility index (Phi) is 6.35. The Balaban J connectivity index is 1.09. The third-order valence-electron chi connectivity index (χ3n) is 7.53. The first kappa shape index (κ1) is 24.8. The van der Waals surface area contributed by atoms with Crippen molar-refractivity contribution in [1.29, 1.82) is 0 Å². The van der Waals surface area contributed by atoms with Gasteiger partial charge in [-0.3, -0.25) is 28.8 Å². The van der Waals surface area contributed by atoms with Crippen molar-refractivity contribution in [2.24, 2.45) is 0 Å². The average Bonchev–Trinajstić information content (AvgIpc) is 3.69. The van der Waals surface area contributed by atoms with Crippen LogP contribution in [0.15, 0.2) is 47.6 Å². The van der Waals surface area contributed by atoms with E-state index in [1.54, 1.807) is 29.3 Å². The molecule has 0 aliphatic carbocycles. The topological polar surface area (TPSA) is 163 Å². The fourth-order valence-electron chi connectivity index (χ4n) is 5.47. The minimum Gasteiger partial charge on any atom is -0.438 e. The van der Waals surface area contributed by atoms with E-state index in [-0.39, 0.29) is 47.6 Å². The Morgan fingerprint density at radius 1 is 1.13 bits per heavy atom. The molecule has 3 aromatic rings. The van der Waals surface area contributed by atoms with Crippen LogP contribution in [0.1, 0.15) is 68.6 Å². The van der Waals surface area contributed by atoms with Gasteiger partial charge in [0, 0.05) is 43.5 Å². The number of aliphatic hydroxyl groups excluding tert-OH is 1. The van der Waals surface area contributed by atoms with Gasteiger partial charge in [-0.05, 0) is 31.4 Å². The second kappa shape index (κ2) is 9.98. The Bertz CT molecular complexity index is 1430. The largest absolute Gasteiger partial charge is 0.438 e. The van der Waals surface area contributed by atoms with Crippen molar-refractivity contribution in [3.8, 4) is 0 Å². The van der Waals surface area contributed by atoms with Crippen molar-refractivity contribution >= 4 is 29.3 Å². The molecule has 2 aromatic heterocycles. The van der Waals surface area contributed by atoms with Crippen LogP contribution < -0.4 is 10.6 Å². The number of fused-ring (bicyclic) bond motifs is 1. The van der Waals surface area contributed by atoms with Gasteiger partial charge in [0.05, 0.1) is 35.6 Å². The summed E-state index contributed by atoms with van der Waals surface area (Å²) < 4.78 is 7.02. The van der Waals surface area contributed by atoms with Crippen LogP contribution in [0.5, 0.6) is 0 Å². The van der Waals surface area contributed by atoms with Crippen molar-refractivity contribution in [3.63, 3.8) is 0 Å². The number of hydrogen-bond acceptors (Lipinski definition) is 9. The SMILES string of the molecule is O=C1CCC(N2C(=O)c3cccc(NCc4cnn(C5CCN(C(=O)c6cnco6)CC5)c4)c3C2=O)C(O)N1. The third kappa shape index (κ3) is 4.54. The summed E-state index contributed by atoms with van der Waals surface area (Å²) in [5.41, 5.74) is 1.92. The van der Waals surface area contributed by atoms with Gasteiger partial charge in [0.25, 0.3) is 17.7 Å². The lowest BCUT2D eigenvalue weighted by Crippen LogP contribution is -2.57. The van der Waals surface area contributed by atoms with E-state index in [0.29, 0.717) is 25.3 Å². The van der Waals surface area contributed by atoms with E-state index < -0.39 is 24.1 Å². The maximum atomic E-state index is 13.3. The summed E-state index contributed by atoms with van der Waals surface area (Å²) in [5, 5.41) is 20.5. The number of nitrogens with zero attached hydrogens (tertiary/aromatic N) is 5. The first-order valence-corrected chi connectivity index (χ1v) is 12.8. The van der Waals surface area contributed by atoms with Gasteiger partial charge in [-0.2, -0.15) is 5.10 Å². The van der Waals surface area contributed by atoms with E-state index in [1.165, 1.54) is 12.6 Å². The summed E-state index contributed by atoms with van der Waals surface area (Å²) in [6, 6.07) is 4.35. The Morgan fingerprint density at radius 3 is 2.69 bits per heavy atom. The molecule has 13 nitrogen and oxygen atoms in total. The second-order valence-corrected chi connectivity index (χ2v) is 9.90. The maximum Gasteiger partial charge on any atom is 0.291 e. The molecule has 3 aliphatic rings. The summed E-state index contributed by atoms with van der Waals surface area (Å²) in [5.74, 6) is -1.23. The number of amides is 4. The van der Waals surface area contributed by atoms with Crippen molar-refractivity contribution in [2.45, 2.75) is 50.5 Å². The number of aliphatic hydroxyl groups is 1. The minimum absolute atomic E-state index is 0.126. The molecule has 2 unspecified atom stereocenters. The minimum atomic E-state index is -1.30. The fraction of sp³-hybridized carbons (Fsp3) is 0.385. The number of benzene rings is 1. The van der Waals surface area contributed by atoms with Crippen LogP contribution in [-0.4, -0.2) is 78.7 Å². The number of anilines is 1. The molecule has 2 saturated heterocycles. The van der Waals surface area contributed by atoms with Crippen molar-refractivity contribution in [3.05, 3.63) is 65.6 Å². The highest BCUT2D eigenvalue weighted by atomic mass is 16.3. The van der Waals surface area contributed by atoms with Crippen LogP contribution in [0.25, 0.3) is 0 Å². The normalized spacial score (nSPS) is 21.7. The van der Waals surface area contributed by atoms with E-state index in [1.807, 2.05) is 10.9 Å². The zero-order chi connectivity index (χ0) is 27.1. The van der Waals surface area contributed by atoms with Gasteiger partial charge in [-0.1, -0.05) is 6.07 Å². The molecule has 6 rings (SSSR count). The Hall–Kier alpha value is -4.52. The van der Waals surface area contributed by atoms with Gasteiger partial charge in [-0.25, -0.2) is 4.98 Å². The maximum absolute atomic E-state index is 13.3. The molecule has 3 N–H and O–H groups in total. The summed E-state index contributed by atoms with van der Waals surface area (Å²) in [4.78, 5) is 57.1. The third-order valence-corrected chi connectivity index (χ3v) is 7.53. The smallest absolute Gasteiger partial charge is 0.291 e. The summed E-state index contributed by atoms with van der Waals surface area (Å²) in [7, 11) is 0. The van der Waals surface area contributed by atoms with Crippen molar-refractivity contribution < 1.29 is 28.7 Å². The number of likely N-dealkylation sites (tertiary alicyclic amines) is 1. The monoisotopic (exact) mass is 533 g/mol. The van der Waals surface area contributed by atoms with Gasteiger partial charge >= 0.3 is 0 Å². The number of imide groups is 1. The lowest BCUT2D eigenvalue weighted by atomic mass is 10.0. The van der Waals surface area contributed by atoms with E-state index in [2.05, 4.69) is 20.7 Å². The molecule has 5 heterocycles. The molecule has 0 spiro atoms. The molecule has 39 heavy (non-hydrogen) atoms. The number of hydrogen-bond donors (Lipinski definition) is 3. The highest BCUT2D eigenvalue weighted by molar-refractivity contribution is 6.24. The molecule has 0 saturated carbocycles. The van der Waals surface area contributed by atoms with Gasteiger partial charge in [0.2, 0.25) is 11.7 Å². The predicted molar refractivity (Wildman–Crippen MR) is 134 cm³/mol. The zero-order valence-corrected chi connectivity index (χ0v) is 20.9. The molecular formula is C26H27N7O6. The highest BCUT2D eigenvalue weighted by Crippen LogP contribution is 2.33. The van der Waals surface area contributed by atoms with E-state index in [0.717, 1.165) is 23.3 Å². The number of oxazole rings is 1. The number of rotatable bonds is 6. The van der Waals surface area contributed by atoms with E-state index in [4.69, 9.17) is 4.42 Å². The van der Waals surface area contributed by atoms with Crippen LogP contribution in [-0.2, 0) is 11.3 Å². The Morgan fingerprint density at radius 2 is 1.95 bits per heavy atom. The van der Waals surface area contributed by atoms with Crippen LogP contribution in [0.2, 0.25) is 0 Å². The number of carbonyl (C=O) groups is 4. The van der Waals surface area contributed by atoms with E-state index >= 15 is 0 Å². The first-order valence-electron chi connectivity index (χ1n) is 12.8. The molecule has 4 amide bonds. The van der Waals surface area contributed by atoms with Crippen LogP contribution in [0, 0.1) is 0 Å². The summed E-state index contributed by atoms with van der Waals surface area (Å²) in [6.45, 7) is 1.54. The van der Waals surface area contributed by atoms with Gasteiger partial charge < -0.3 is 25.1 Å². The molecule has 2 fully saturated rings.